The van der Waals surface area contributed by atoms with Crippen LogP contribution in [0.1, 0.15) is 23.5 Å². The van der Waals surface area contributed by atoms with Crippen molar-refractivity contribution in [2.75, 3.05) is 26.4 Å². The van der Waals surface area contributed by atoms with E-state index in [0.29, 0.717) is 6.29 Å². The molecule has 1 unspecified atom stereocenters. The summed E-state index contributed by atoms with van der Waals surface area (Å²) in [7, 11) is 0. The van der Waals surface area contributed by atoms with Gasteiger partial charge < -0.3 is 20.1 Å². The first kappa shape index (κ1) is 27.7. The van der Waals surface area contributed by atoms with Gasteiger partial charge in [-0.05, 0) is 35.1 Å². The van der Waals surface area contributed by atoms with Crippen molar-refractivity contribution in [3.05, 3.63) is 96.6 Å². The third-order valence-electron chi connectivity index (χ3n) is 4.79. The number of carbonyl (C=O) groups is 2. The molecule has 0 fully saturated rings. The van der Waals surface area contributed by atoms with Crippen LogP contribution in [0.25, 0.3) is 11.1 Å². The third-order valence-corrected chi connectivity index (χ3v) is 4.79. The number of aliphatic hydroxyl groups is 3. The Balaban J connectivity index is 0.000000801. The lowest BCUT2D eigenvalue weighted by atomic mass is 9.96. The van der Waals surface area contributed by atoms with E-state index in [1.165, 1.54) is 5.56 Å². The van der Waals surface area contributed by atoms with Crippen LogP contribution in [0, 0.1) is 0 Å². The number of aryl methyl sites for hydroxylation is 1. The number of aldehydes is 1. The number of esters is 1. The normalized spacial score (nSPS) is 10.9. The van der Waals surface area contributed by atoms with Crippen LogP contribution in [-0.4, -0.2) is 54.0 Å². The predicted molar refractivity (Wildman–Crippen MR) is 130 cm³/mol. The van der Waals surface area contributed by atoms with E-state index in [-0.39, 0.29) is 36.9 Å². The van der Waals surface area contributed by atoms with E-state index >= 15 is 0 Å². The smallest absolute Gasteiger partial charge is 0.335 e. The first-order valence-electron chi connectivity index (χ1n) is 10.5. The molecule has 0 radical (unpaired) electrons. The fourth-order valence-electron chi connectivity index (χ4n) is 2.71. The van der Waals surface area contributed by atoms with Gasteiger partial charge in [0.15, 0.2) is 0 Å². The Morgan fingerprint density at radius 3 is 1.94 bits per heavy atom. The third kappa shape index (κ3) is 9.78. The maximum Gasteiger partial charge on any atom is 0.335 e. The van der Waals surface area contributed by atoms with E-state index in [1.807, 2.05) is 30.3 Å². The van der Waals surface area contributed by atoms with E-state index in [0.717, 1.165) is 29.5 Å². The number of aliphatic hydroxyl groups excluding tert-OH is 3. The van der Waals surface area contributed by atoms with Crippen LogP contribution in [-0.2, 0) is 20.7 Å². The minimum atomic E-state index is -0.649. The minimum Gasteiger partial charge on any atom is -0.462 e. The fourth-order valence-corrected chi connectivity index (χ4v) is 2.71. The Kier molecular flexibility index (Phi) is 13.0. The zero-order valence-electron chi connectivity index (χ0n) is 18.8. The SMILES string of the molecule is C=C(C=O)CO.C=CCCc1ccc(-c2ccc(C(CO)COC(=O)C(=C)CO)cc2)cc1. The summed E-state index contributed by atoms with van der Waals surface area (Å²) in [6.45, 7) is 9.56. The number of hydrogen-bond donors (Lipinski definition) is 3. The van der Waals surface area contributed by atoms with Gasteiger partial charge in [-0.15, -0.1) is 6.58 Å². The highest BCUT2D eigenvalue weighted by Crippen LogP contribution is 2.24. The molecular formula is C27H32O6. The number of hydrogen-bond acceptors (Lipinski definition) is 6. The second kappa shape index (κ2) is 15.5. The molecule has 176 valence electrons. The summed E-state index contributed by atoms with van der Waals surface area (Å²) in [5.41, 5.74) is 4.58. The van der Waals surface area contributed by atoms with Gasteiger partial charge in [0.1, 0.15) is 12.9 Å². The largest absolute Gasteiger partial charge is 0.462 e. The first-order valence-corrected chi connectivity index (χ1v) is 10.5. The summed E-state index contributed by atoms with van der Waals surface area (Å²) >= 11 is 0. The van der Waals surface area contributed by atoms with Crippen LogP contribution >= 0.6 is 0 Å². The number of allylic oxidation sites excluding steroid dienone is 1. The molecule has 0 aliphatic heterocycles. The van der Waals surface area contributed by atoms with Crippen molar-refractivity contribution in [2.24, 2.45) is 0 Å². The maximum atomic E-state index is 11.6. The van der Waals surface area contributed by atoms with Gasteiger partial charge in [0.2, 0.25) is 0 Å². The summed E-state index contributed by atoms with van der Waals surface area (Å²) in [6.07, 6.45) is 4.40. The lowest BCUT2D eigenvalue weighted by Crippen LogP contribution is -2.17. The van der Waals surface area contributed by atoms with Crippen molar-refractivity contribution < 1.29 is 29.6 Å². The van der Waals surface area contributed by atoms with Crippen molar-refractivity contribution in [3.8, 4) is 11.1 Å². The maximum absolute atomic E-state index is 11.6. The Morgan fingerprint density at radius 1 is 0.939 bits per heavy atom. The Labute approximate surface area is 195 Å². The molecule has 0 heterocycles. The quantitative estimate of drug-likeness (QED) is 0.197. The number of carbonyl (C=O) groups excluding carboxylic acids is 2. The lowest BCUT2D eigenvalue weighted by Gasteiger charge is -2.16. The van der Waals surface area contributed by atoms with Crippen LogP contribution in [0.3, 0.4) is 0 Å². The van der Waals surface area contributed by atoms with Crippen molar-refractivity contribution in [3.63, 3.8) is 0 Å². The van der Waals surface area contributed by atoms with Gasteiger partial charge in [-0.1, -0.05) is 67.8 Å². The molecule has 0 aliphatic carbocycles. The molecule has 0 saturated carbocycles. The van der Waals surface area contributed by atoms with E-state index < -0.39 is 12.6 Å². The van der Waals surface area contributed by atoms with Gasteiger partial charge in [-0.25, -0.2) is 4.79 Å². The summed E-state index contributed by atoms with van der Waals surface area (Å²) in [6, 6.07) is 16.3. The first-order chi connectivity index (χ1) is 15.9. The predicted octanol–water partition coefficient (Wildman–Crippen LogP) is 3.37. The van der Waals surface area contributed by atoms with E-state index in [9.17, 15) is 14.7 Å². The number of ether oxygens (including phenoxy) is 1. The Bertz CT molecular complexity index is 913. The molecule has 33 heavy (non-hydrogen) atoms. The van der Waals surface area contributed by atoms with E-state index in [4.69, 9.17) is 14.9 Å². The topological polar surface area (TPSA) is 104 Å². The van der Waals surface area contributed by atoms with E-state index in [1.54, 1.807) is 0 Å². The standard InChI is InChI=1S/C23H26O4.C4H6O2/c1-3-4-5-18-6-8-19(9-7-18)20-10-12-21(13-11-20)22(15-25)16-27-23(26)17(2)14-24;1-4(2-5)3-6/h3,6-13,22,24-25H,1-2,4-5,14-16H2;2,6H,1,3H2. The number of benzene rings is 2. The van der Waals surface area contributed by atoms with Crippen molar-refractivity contribution in [1.29, 1.82) is 0 Å². The van der Waals surface area contributed by atoms with Crippen LogP contribution in [0.5, 0.6) is 0 Å². The molecule has 2 rings (SSSR count). The number of rotatable bonds is 12. The van der Waals surface area contributed by atoms with Gasteiger partial charge >= 0.3 is 5.97 Å². The molecule has 3 N–H and O–H groups in total. The molecule has 2 aromatic carbocycles. The van der Waals surface area contributed by atoms with Gasteiger partial charge in [-0.3, -0.25) is 4.79 Å². The Hall–Kier alpha value is -3.32. The molecular weight excluding hydrogens is 420 g/mol. The molecule has 0 aliphatic rings. The summed E-state index contributed by atoms with van der Waals surface area (Å²) in [5.74, 6) is -0.972. The highest BCUT2D eigenvalue weighted by atomic mass is 16.5. The van der Waals surface area contributed by atoms with Gasteiger partial charge in [0, 0.05) is 11.5 Å². The molecule has 0 spiro atoms. The summed E-state index contributed by atoms with van der Waals surface area (Å²) < 4.78 is 5.10. The highest BCUT2D eigenvalue weighted by molar-refractivity contribution is 5.87. The minimum absolute atomic E-state index is 0.00132. The zero-order chi connectivity index (χ0) is 24.6. The molecule has 0 aromatic heterocycles. The zero-order valence-corrected chi connectivity index (χ0v) is 18.8. The van der Waals surface area contributed by atoms with Crippen molar-refractivity contribution >= 4 is 12.3 Å². The Morgan fingerprint density at radius 2 is 1.52 bits per heavy atom. The molecule has 0 amide bonds. The summed E-state index contributed by atoms with van der Waals surface area (Å²) in [4.78, 5) is 21.1. The van der Waals surface area contributed by atoms with Gasteiger partial charge in [0.05, 0.1) is 25.4 Å². The molecule has 1 atom stereocenters. The average molecular weight is 453 g/mol. The van der Waals surface area contributed by atoms with Crippen LogP contribution in [0.2, 0.25) is 0 Å². The van der Waals surface area contributed by atoms with Crippen molar-refractivity contribution in [2.45, 2.75) is 18.8 Å². The molecule has 6 heteroatoms. The van der Waals surface area contributed by atoms with Crippen LogP contribution in [0.4, 0.5) is 0 Å². The second-order valence-corrected chi connectivity index (χ2v) is 7.32. The van der Waals surface area contributed by atoms with Crippen LogP contribution in [0.15, 0.2) is 85.5 Å². The highest BCUT2D eigenvalue weighted by Gasteiger charge is 2.15. The molecule has 2 aromatic rings. The van der Waals surface area contributed by atoms with Gasteiger partial charge in [0.25, 0.3) is 0 Å². The fraction of sp³-hybridized carbons (Fsp3) is 0.259. The van der Waals surface area contributed by atoms with Crippen LogP contribution < -0.4 is 0 Å². The average Bonchev–Trinajstić information content (AvgIpc) is 2.87. The lowest BCUT2D eigenvalue weighted by molar-refractivity contribution is -0.140. The van der Waals surface area contributed by atoms with Crippen molar-refractivity contribution in [1.82, 2.24) is 0 Å². The monoisotopic (exact) mass is 452 g/mol. The van der Waals surface area contributed by atoms with E-state index in [2.05, 4.69) is 44.0 Å². The molecule has 0 bridgehead atoms. The molecule has 6 nitrogen and oxygen atoms in total. The molecule has 0 saturated heterocycles. The van der Waals surface area contributed by atoms with Gasteiger partial charge in [-0.2, -0.15) is 0 Å². The second-order valence-electron chi connectivity index (χ2n) is 7.32. The summed E-state index contributed by atoms with van der Waals surface area (Å²) in [5, 5.41) is 26.5.